The number of halogens is 1. The van der Waals surface area contributed by atoms with Crippen molar-refractivity contribution < 1.29 is 8.42 Å². The SMILES string of the molecule is CN(CC(C)(C)C)S(=O)(=O)c1c[nH]c(=O)c(Cl)c1. The average Bonchev–Trinajstić information content (AvgIpc) is 2.19. The molecule has 0 radical (unpaired) electrons. The summed E-state index contributed by atoms with van der Waals surface area (Å²) in [5.74, 6) is 0. The van der Waals surface area contributed by atoms with Crippen molar-refractivity contribution in [3.8, 4) is 0 Å². The van der Waals surface area contributed by atoms with E-state index >= 15 is 0 Å². The Hall–Kier alpha value is -0.850. The van der Waals surface area contributed by atoms with E-state index in [1.54, 1.807) is 0 Å². The molecule has 1 rings (SSSR count). The lowest BCUT2D eigenvalue weighted by atomic mass is 9.97. The van der Waals surface area contributed by atoms with Crippen molar-refractivity contribution in [1.82, 2.24) is 9.29 Å². The van der Waals surface area contributed by atoms with Gasteiger partial charge in [0, 0.05) is 19.8 Å². The molecule has 0 aromatic carbocycles. The van der Waals surface area contributed by atoms with Crippen molar-refractivity contribution >= 4 is 21.6 Å². The first-order valence-corrected chi connectivity index (χ1v) is 7.20. The summed E-state index contributed by atoms with van der Waals surface area (Å²) in [5, 5.41) is -0.139. The van der Waals surface area contributed by atoms with Crippen LogP contribution in [0.15, 0.2) is 22.0 Å². The summed E-state index contributed by atoms with van der Waals surface area (Å²) < 4.78 is 25.7. The van der Waals surface area contributed by atoms with Gasteiger partial charge in [0.05, 0.1) is 4.90 Å². The largest absolute Gasteiger partial charge is 0.326 e. The number of aromatic amines is 1. The molecule has 7 heteroatoms. The van der Waals surface area contributed by atoms with Crippen LogP contribution in [0.5, 0.6) is 0 Å². The molecule has 102 valence electrons. The molecule has 1 N–H and O–H groups in total. The number of sulfonamides is 1. The van der Waals surface area contributed by atoms with E-state index in [0.717, 1.165) is 12.3 Å². The predicted octanol–water partition coefficient (Wildman–Crippen LogP) is 1.69. The van der Waals surface area contributed by atoms with E-state index in [0.29, 0.717) is 6.54 Å². The van der Waals surface area contributed by atoms with Crippen molar-refractivity contribution in [2.75, 3.05) is 13.6 Å². The number of pyridine rings is 1. The van der Waals surface area contributed by atoms with Crippen LogP contribution in [0.2, 0.25) is 5.02 Å². The van der Waals surface area contributed by atoms with E-state index < -0.39 is 15.6 Å². The highest BCUT2D eigenvalue weighted by atomic mass is 35.5. The van der Waals surface area contributed by atoms with Gasteiger partial charge in [0.2, 0.25) is 10.0 Å². The summed E-state index contributed by atoms with van der Waals surface area (Å²) in [4.78, 5) is 13.4. The topological polar surface area (TPSA) is 70.2 Å². The first-order chi connectivity index (χ1) is 8.04. The van der Waals surface area contributed by atoms with E-state index in [4.69, 9.17) is 11.6 Å². The molecule has 0 aliphatic rings. The fourth-order valence-corrected chi connectivity index (χ4v) is 3.15. The third-order valence-electron chi connectivity index (χ3n) is 2.24. The Bertz CT molecular complexity index is 587. The zero-order valence-electron chi connectivity index (χ0n) is 10.8. The molecule has 1 aromatic rings. The Balaban J connectivity index is 3.13. The van der Waals surface area contributed by atoms with Crippen LogP contribution in [0.1, 0.15) is 20.8 Å². The first-order valence-electron chi connectivity index (χ1n) is 5.38. The molecule has 5 nitrogen and oxygen atoms in total. The summed E-state index contributed by atoms with van der Waals surface area (Å²) in [6.45, 7) is 6.20. The Kier molecular flexibility index (Phi) is 4.25. The predicted molar refractivity (Wildman–Crippen MR) is 71.3 cm³/mol. The lowest BCUT2D eigenvalue weighted by Gasteiger charge is -2.25. The van der Waals surface area contributed by atoms with Crippen LogP contribution in [0.25, 0.3) is 0 Å². The molecule has 0 bridgehead atoms. The summed E-state index contributed by atoms with van der Waals surface area (Å²) in [6, 6.07) is 1.16. The Morgan fingerprint density at radius 2 is 1.94 bits per heavy atom. The van der Waals surface area contributed by atoms with Gasteiger partial charge >= 0.3 is 0 Å². The van der Waals surface area contributed by atoms with Crippen LogP contribution >= 0.6 is 11.6 Å². The fourth-order valence-electron chi connectivity index (χ4n) is 1.52. The van der Waals surface area contributed by atoms with Crippen LogP contribution in [0.4, 0.5) is 0 Å². The van der Waals surface area contributed by atoms with E-state index in [1.807, 2.05) is 20.8 Å². The minimum atomic E-state index is -3.63. The molecule has 0 atom stereocenters. The molecule has 0 aliphatic carbocycles. The normalized spacial score (nSPS) is 13.0. The van der Waals surface area contributed by atoms with E-state index in [2.05, 4.69) is 4.98 Å². The maximum Gasteiger partial charge on any atom is 0.266 e. The number of nitrogens with zero attached hydrogens (tertiary/aromatic N) is 1. The van der Waals surface area contributed by atoms with Crippen molar-refractivity contribution in [3.05, 3.63) is 27.6 Å². The van der Waals surface area contributed by atoms with Gasteiger partial charge in [0.1, 0.15) is 5.02 Å². The minimum Gasteiger partial charge on any atom is -0.326 e. The van der Waals surface area contributed by atoms with Crippen LogP contribution in [0, 0.1) is 5.41 Å². The molecule has 1 aromatic heterocycles. The molecular formula is C11H17ClN2O3S. The molecule has 0 fully saturated rings. The number of nitrogens with one attached hydrogen (secondary N) is 1. The molecule has 0 saturated carbocycles. The number of H-pyrrole nitrogens is 1. The molecule has 18 heavy (non-hydrogen) atoms. The summed E-state index contributed by atoms with van der Waals surface area (Å²) in [7, 11) is -2.13. The van der Waals surface area contributed by atoms with Crippen LogP contribution < -0.4 is 5.56 Å². The minimum absolute atomic E-state index is 0.0150. The average molecular weight is 293 g/mol. The standard InChI is InChI=1S/C11H17ClN2O3S/c1-11(2,3)7-14(4)18(16,17)8-5-9(12)10(15)13-6-8/h5-6H,7H2,1-4H3,(H,13,15). The molecule has 0 unspecified atom stereocenters. The Labute approximate surface area is 112 Å². The lowest BCUT2D eigenvalue weighted by Crippen LogP contribution is -2.34. The van der Waals surface area contributed by atoms with Crippen LogP contribution in [0.3, 0.4) is 0 Å². The smallest absolute Gasteiger partial charge is 0.266 e. The lowest BCUT2D eigenvalue weighted by molar-refractivity contribution is 0.310. The first kappa shape index (κ1) is 15.2. The van der Waals surface area contributed by atoms with Gasteiger partial charge in [0.25, 0.3) is 5.56 Å². The van der Waals surface area contributed by atoms with Gasteiger partial charge in [0.15, 0.2) is 0 Å². The van der Waals surface area contributed by atoms with Crippen molar-refractivity contribution in [2.24, 2.45) is 5.41 Å². The highest BCUT2D eigenvalue weighted by Gasteiger charge is 2.25. The van der Waals surface area contributed by atoms with Crippen LogP contribution in [-0.4, -0.2) is 31.3 Å². The summed E-state index contributed by atoms with van der Waals surface area (Å²) in [6.07, 6.45) is 1.16. The number of rotatable bonds is 3. The third-order valence-corrected chi connectivity index (χ3v) is 4.30. The summed E-state index contributed by atoms with van der Waals surface area (Å²) >= 11 is 5.63. The maximum absolute atomic E-state index is 12.2. The van der Waals surface area contributed by atoms with Crippen molar-refractivity contribution in [1.29, 1.82) is 0 Å². The van der Waals surface area contributed by atoms with E-state index in [-0.39, 0.29) is 15.3 Å². The second-order valence-corrected chi connectivity index (χ2v) is 7.79. The van der Waals surface area contributed by atoms with Gasteiger partial charge in [-0.3, -0.25) is 4.79 Å². The number of hydrogen-bond acceptors (Lipinski definition) is 3. The molecule has 0 aliphatic heterocycles. The van der Waals surface area contributed by atoms with E-state index in [9.17, 15) is 13.2 Å². The van der Waals surface area contributed by atoms with Gasteiger partial charge in [-0.25, -0.2) is 12.7 Å². The molecule has 0 spiro atoms. The van der Waals surface area contributed by atoms with Crippen molar-refractivity contribution in [3.63, 3.8) is 0 Å². The van der Waals surface area contributed by atoms with Gasteiger partial charge < -0.3 is 4.98 Å². The zero-order chi connectivity index (χ0) is 14.1. The van der Waals surface area contributed by atoms with Crippen molar-refractivity contribution in [2.45, 2.75) is 25.7 Å². The zero-order valence-corrected chi connectivity index (χ0v) is 12.4. The third kappa shape index (κ3) is 3.57. The highest BCUT2D eigenvalue weighted by molar-refractivity contribution is 7.89. The van der Waals surface area contributed by atoms with Gasteiger partial charge in [-0.2, -0.15) is 0 Å². The second-order valence-electron chi connectivity index (χ2n) is 5.33. The number of hydrogen-bond donors (Lipinski definition) is 1. The highest BCUT2D eigenvalue weighted by Crippen LogP contribution is 2.20. The van der Waals surface area contributed by atoms with Gasteiger partial charge in [-0.1, -0.05) is 32.4 Å². The molecular weight excluding hydrogens is 276 g/mol. The van der Waals surface area contributed by atoms with Gasteiger partial charge in [-0.15, -0.1) is 0 Å². The fraction of sp³-hybridized carbons (Fsp3) is 0.545. The van der Waals surface area contributed by atoms with E-state index in [1.165, 1.54) is 11.4 Å². The molecule has 0 saturated heterocycles. The number of aromatic nitrogens is 1. The Morgan fingerprint density at radius 3 is 2.39 bits per heavy atom. The van der Waals surface area contributed by atoms with Gasteiger partial charge in [-0.05, 0) is 11.5 Å². The van der Waals surface area contributed by atoms with Crippen LogP contribution in [-0.2, 0) is 10.0 Å². The molecule has 0 amide bonds. The second kappa shape index (κ2) is 5.03. The summed E-state index contributed by atoms with van der Waals surface area (Å²) in [5.41, 5.74) is -0.664. The Morgan fingerprint density at radius 1 is 1.39 bits per heavy atom. The monoisotopic (exact) mass is 292 g/mol. The maximum atomic E-state index is 12.2. The molecule has 1 heterocycles. The quantitative estimate of drug-likeness (QED) is 0.922.